The summed E-state index contributed by atoms with van der Waals surface area (Å²) < 4.78 is 24.7. The van der Waals surface area contributed by atoms with Crippen molar-refractivity contribution in [2.75, 3.05) is 0 Å². The molecule has 0 aliphatic rings. The van der Waals surface area contributed by atoms with Crippen molar-refractivity contribution in [3.63, 3.8) is 0 Å². The van der Waals surface area contributed by atoms with E-state index in [1.165, 1.54) is 6.92 Å². The molecule has 12 heavy (non-hydrogen) atoms. The molecule has 0 amide bonds. The van der Waals surface area contributed by atoms with Gasteiger partial charge in [-0.15, -0.1) is 0 Å². The molecule has 0 aliphatic heterocycles. The van der Waals surface area contributed by atoms with Gasteiger partial charge in [0.05, 0.1) is 6.10 Å². The number of aliphatic hydroxyl groups excluding tert-OH is 2. The van der Waals surface area contributed by atoms with E-state index in [1.807, 2.05) is 0 Å². The van der Waals surface area contributed by atoms with Crippen LogP contribution in [-0.4, -0.2) is 34.4 Å². The van der Waals surface area contributed by atoms with E-state index in [4.69, 9.17) is 15.9 Å². The number of hydrogen-bond donors (Lipinski definition) is 3. The second-order valence-electron chi connectivity index (χ2n) is 3.13. The van der Waals surface area contributed by atoms with Gasteiger partial charge in [-0.3, -0.25) is 0 Å². The number of halogens is 2. The predicted octanol–water partition coefficient (Wildman–Crippen LogP) is 0.101. The average molecular weight is 183 g/mol. The highest BCUT2D eigenvalue weighted by atomic mass is 19.3. The first-order valence-electron chi connectivity index (χ1n) is 3.74. The van der Waals surface area contributed by atoms with Crippen LogP contribution in [0.2, 0.25) is 0 Å². The fourth-order valence-electron chi connectivity index (χ4n) is 0.650. The molecule has 0 aromatic heterocycles. The SMILES string of the molecule is CC(N)C(O)CC(O)C(C)(F)F. The smallest absolute Gasteiger partial charge is 0.270 e. The second kappa shape index (κ2) is 4.11. The highest BCUT2D eigenvalue weighted by Crippen LogP contribution is 2.21. The molecule has 3 nitrogen and oxygen atoms in total. The summed E-state index contributed by atoms with van der Waals surface area (Å²) in [6, 6.07) is -0.609. The van der Waals surface area contributed by atoms with Crippen LogP contribution < -0.4 is 5.73 Å². The van der Waals surface area contributed by atoms with Gasteiger partial charge in [-0.05, 0) is 6.92 Å². The maximum absolute atomic E-state index is 12.3. The summed E-state index contributed by atoms with van der Waals surface area (Å²) in [5.74, 6) is -3.18. The zero-order chi connectivity index (χ0) is 9.94. The van der Waals surface area contributed by atoms with E-state index in [0.29, 0.717) is 6.92 Å². The van der Waals surface area contributed by atoms with Crippen molar-refractivity contribution in [1.29, 1.82) is 0 Å². The molecule has 5 heteroatoms. The molecule has 0 fully saturated rings. The summed E-state index contributed by atoms with van der Waals surface area (Å²) in [4.78, 5) is 0. The zero-order valence-corrected chi connectivity index (χ0v) is 7.17. The summed E-state index contributed by atoms with van der Waals surface area (Å²) in [5.41, 5.74) is 5.22. The molecule has 0 aromatic rings. The van der Waals surface area contributed by atoms with Crippen molar-refractivity contribution in [3.8, 4) is 0 Å². The molecule has 3 atom stereocenters. The lowest BCUT2D eigenvalue weighted by atomic mass is 10.0. The van der Waals surface area contributed by atoms with Gasteiger partial charge in [0.15, 0.2) is 0 Å². The van der Waals surface area contributed by atoms with Crippen molar-refractivity contribution < 1.29 is 19.0 Å². The van der Waals surface area contributed by atoms with E-state index in [0.717, 1.165) is 0 Å². The molecule has 0 rings (SSSR count). The topological polar surface area (TPSA) is 66.5 Å². The lowest BCUT2D eigenvalue weighted by Crippen LogP contribution is -2.39. The van der Waals surface area contributed by atoms with Gasteiger partial charge in [0.2, 0.25) is 0 Å². The van der Waals surface area contributed by atoms with Gasteiger partial charge in [0, 0.05) is 19.4 Å². The summed E-state index contributed by atoms with van der Waals surface area (Å²) in [6.45, 7) is 2.09. The first kappa shape index (κ1) is 11.7. The minimum Gasteiger partial charge on any atom is -0.391 e. The van der Waals surface area contributed by atoms with Crippen molar-refractivity contribution in [2.45, 2.75) is 44.4 Å². The van der Waals surface area contributed by atoms with Crippen LogP contribution in [-0.2, 0) is 0 Å². The van der Waals surface area contributed by atoms with Crippen LogP contribution >= 0.6 is 0 Å². The largest absolute Gasteiger partial charge is 0.391 e. The van der Waals surface area contributed by atoms with Crippen LogP contribution in [0.15, 0.2) is 0 Å². The predicted molar refractivity (Wildman–Crippen MR) is 40.9 cm³/mol. The minimum absolute atomic E-state index is 0.402. The molecule has 0 spiro atoms. The van der Waals surface area contributed by atoms with Gasteiger partial charge in [0.1, 0.15) is 6.10 Å². The van der Waals surface area contributed by atoms with Crippen molar-refractivity contribution in [1.82, 2.24) is 0 Å². The van der Waals surface area contributed by atoms with E-state index in [1.54, 1.807) is 0 Å². The summed E-state index contributed by atoms with van der Waals surface area (Å²) in [6.07, 6.45) is -3.33. The number of rotatable bonds is 4. The number of nitrogens with two attached hydrogens (primary N) is 1. The van der Waals surface area contributed by atoms with Crippen LogP contribution in [0, 0.1) is 0 Å². The van der Waals surface area contributed by atoms with Crippen LogP contribution in [0.4, 0.5) is 8.78 Å². The van der Waals surface area contributed by atoms with Gasteiger partial charge < -0.3 is 15.9 Å². The van der Waals surface area contributed by atoms with Gasteiger partial charge >= 0.3 is 0 Å². The first-order valence-corrected chi connectivity index (χ1v) is 3.74. The van der Waals surface area contributed by atoms with Crippen molar-refractivity contribution in [3.05, 3.63) is 0 Å². The normalized spacial score (nSPS) is 20.2. The van der Waals surface area contributed by atoms with Gasteiger partial charge in [-0.1, -0.05) is 0 Å². The molecule has 0 aromatic carbocycles. The number of hydrogen-bond acceptors (Lipinski definition) is 3. The summed E-state index contributed by atoms with van der Waals surface area (Å²) in [7, 11) is 0. The fraction of sp³-hybridized carbons (Fsp3) is 1.00. The van der Waals surface area contributed by atoms with Crippen LogP contribution in [0.1, 0.15) is 20.3 Å². The highest BCUT2D eigenvalue weighted by Gasteiger charge is 2.34. The second-order valence-corrected chi connectivity index (χ2v) is 3.13. The van der Waals surface area contributed by atoms with E-state index < -0.39 is 30.6 Å². The Kier molecular flexibility index (Phi) is 4.02. The molecule has 74 valence electrons. The highest BCUT2D eigenvalue weighted by molar-refractivity contribution is 4.77. The van der Waals surface area contributed by atoms with Crippen LogP contribution in [0.3, 0.4) is 0 Å². The summed E-state index contributed by atoms with van der Waals surface area (Å²) in [5, 5.41) is 17.9. The molecular formula is C7H15F2NO2. The maximum atomic E-state index is 12.3. The molecule has 4 N–H and O–H groups in total. The van der Waals surface area contributed by atoms with Crippen molar-refractivity contribution in [2.24, 2.45) is 5.73 Å². The van der Waals surface area contributed by atoms with Gasteiger partial charge in [-0.25, -0.2) is 8.78 Å². The Morgan fingerprint density at radius 1 is 1.42 bits per heavy atom. The first-order chi connectivity index (χ1) is 5.25. The van der Waals surface area contributed by atoms with Gasteiger partial charge in [-0.2, -0.15) is 0 Å². The Bertz CT molecular complexity index is 136. The Balaban J connectivity index is 3.93. The van der Waals surface area contributed by atoms with E-state index >= 15 is 0 Å². The summed E-state index contributed by atoms with van der Waals surface area (Å²) >= 11 is 0. The molecule has 3 unspecified atom stereocenters. The third-order valence-corrected chi connectivity index (χ3v) is 1.66. The number of aliphatic hydroxyl groups is 2. The lowest BCUT2D eigenvalue weighted by Gasteiger charge is -2.22. The molecule has 0 bridgehead atoms. The molecule has 0 saturated heterocycles. The third-order valence-electron chi connectivity index (χ3n) is 1.66. The standard InChI is InChI=1S/C7H15F2NO2/c1-4(10)5(11)3-6(12)7(2,8)9/h4-6,11-12H,3,10H2,1-2H3. The lowest BCUT2D eigenvalue weighted by molar-refractivity contribution is -0.109. The molecular weight excluding hydrogens is 168 g/mol. The Labute approximate surface area is 70.2 Å². The monoisotopic (exact) mass is 183 g/mol. The van der Waals surface area contributed by atoms with E-state index in [-0.39, 0.29) is 0 Å². The number of alkyl halides is 2. The maximum Gasteiger partial charge on any atom is 0.270 e. The average Bonchev–Trinajstić information content (AvgIpc) is 1.85. The molecule has 0 radical (unpaired) electrons. The van der Waals surface area contributed by atoms with E-state index in [9.17, 15) is 8.78 Å². The van der Waals surface area contributed by atoms with Crippen LogP contribution in [0.25, 0.3) is 0 Å². The van der Waals surface area contributed by atoms with E-state index in [2.05, 4.69) is 0 Å². The Morgan fingerprint density at radius 3 is 2.08 bits per heavy atom. The Hall–Kier alpha value is -0.260. The van der Waals surface area contributed by atoms with Crippen LogP contribution in [0.5, 0.6) is 0 Å². The van der Waals surface area contributed by atoms with Gasteiger partial charge in [0.25, 0.3) is 5.92 Å². The Morgan fingerprint density at radius 2 is 1.83 bits per heavy atom. The fourth-order valence-corrected chi connectivity index (χ4v) is 0.650. The minimum atomic E-state index is -3.18. The quantitative estimate of drug-likeness (QED) is 0.579. The van der Waals surface area contributed by atoms with Crippen molar-refractivity contribution >= 4 is 0 Å². The molecule has 0 heterocycles. The third kappa shape index (κ3) is 3.94. The molecule has 0 saturated carbocycles. The molecule has 0 aliphatic carbocycles. The zero-order valence-electron chi connectivity index (χ0n) is 7.17.